The van der Waals surface area contributed by atoms with Gasteiger partial charge in [0.1, 0.15) is 0 Å². The molecule has 2 aromatic rings. The minimum absolute atomic E-state index is 0.237. The van der Waals surface area contributed by atoms with Gasteiger partial charge in [0.15, 0.2) is 5.78 Å². The molecule has 0 spiro atoms. The smallest absolute Gasteiger partial charge is 0.156 e. The maximum atomic E-state index is 11.3. The van der Waals surface area contributed by atoms with Crippen LogP contribution in [0, 0.1) is 0 Å². The number of hydrogen-bond donors (Lipinski definition) is 0. The van der Waals surface area contributed by atoms with E-state index in [1.54, 1.807) is 12.3 Å². The molecule has 0 bridgehead atoms. The molecule has 2 nitrogen and oxygen atoms in total. The molecule has 78 valence electrons. The second kappa shape index (κ2) is 3.56. The SMILES string of the molecule is O=C1C=C(c2cccc3cnccc23)CC1. The van der Waals surface area contributed by atoms with Crippen molar-refractivity contribution in [2.45, 2.75) is 12.8 Å². The molecule has 2 heteroatoms. The highest BCUT2D eigenvalue weighted by Gasteiger charge is 2.15. The van der Waals surface area contributed by atoms with Gasteiger partial charge in [-0.3, -0.25) is 9.78 Å². The van der Waals surface area contributed by atoms with E-state index in [1.807, 2.05) is 24.4 Å². The number of aromatic nitrogens is 1. The van der Waals surface area contributed by atoms with E-state index in [2.05, 4.69) is 11.1 Å². The Morgan fingerprint density at radius 1 is 1.12 bits per heavy atom. The molecule has 0 saturated heterocycles. The van der Waals surface area contributed by atoms with Gasteiger partial charge in [0.05, 0.1) is 0 Å². The van der Waals surface area contributed by atoms with E-state index in [9.17, 15) is 4.79 Å². The van der Waals surface area contributed by atoms with Crippen LogP contribution in [0.15, 0.2) is 42.7 Å². The largest absolute Gasteiger partial charge is 0.295 e. The van der Waals surface area contributed by atoms with E-state index < -0.39 is 0 Å². The molecule has 0 aliphatic heterocycles. The van der Waals surface area contributed by atoms with Crippen molar-refractivity contribution in [3.63, 3.8) is 0 Å². The predicted octanol–water partition coefficient (Wildman–Crippen LogP) is 2.98. The Bertz CT molecular complexity index is 593. The lowest BCUT2D eigenvalue weighted by atomic mass is 9.99. The van der Waals surface area contributed by atoms with Crippen LogP contribution in [0.2, 0.25) is 0 Å². The van der Waals surface area contributed by atoms with Crippen molar-refractivity contribution in [2.75, 3.05) is 0 Å². The molecule has 1 aliphatic rings. The van der Waals surface area contributed by atoms with Gasteiger partial charge in [-0.1, -0.05) is 18.2 Å². The Morgan fingerprint density at radius 3 is 2.88 bits per heavy atom. The van der Waals surface area contributed by atoms with Gasteiger partial charge in [0, 0.05) is 24.2 Å². The van der Waals surface area contributed by atoms with Gasteiger partial charge < -0.3 is 0 Å². The first-order chi connectivity index (χ1) is 7.84. The molecular formula is C14H11NO. The number of ketones is 1. The Kier molecular flexibility index (Phi) is 2.07. The summed E-state index contributed by atoms with van der Waals surface area (Å²) in [6.07, 6.45) is 6.94. The first-order valence-corrected chi connectivity index (χ1v) is 5.41. The van der Waals surface area contributed by atoms with Crippen molar-refractivity contribution < 1.29 is 4.79 Å². The van der Waals surface area contributed by atoms with Crippen LogP contribution < -0.4 is 0 Å². The lowest BCUT2D eigenvalue weighted by Crippen LogP contribution is -1.84. The Morgan fingerprint density at radius 2 is 2.06 bits per heavy atom. The summed E-state index contributed by atoms with van der Waals surface area (Å²) in [4.78, 5) is 15.4. The van der Waals surface area contributed by atoms with Crippen LogP contribution in [0.1, 0.15) is 18.4 Å². The van der Waals surface area contributed by atoms with E-state index in [-0.39, 0.29) is 5.78 Å². The molecule has 0 amide bonds. The fraction of sp³-hybridized carbons (Fsp3) is 0.143. The van der Waals surface area contributed by atoms with Crippen LogP contribution in [-0.4, -0.2) is 10.8 Å². The summed E-state index contributed by atoms with van der Waals surface area (Å²) < 4.78 is 0. The molecule has 0 radical (unpaired) electrons. The lowest BCUT2D eigenvalue weighted by molar-refractivity contribution is -0.114. The second-order valence-electron chi connectivity index (χ2n) is 4.04. The standard InChI is InChI=1S/C14H11NO/c16-12-5-4-10(8-12)13-3-1-2-11-9-15-7-6-14(11)13/h1-3,6-9H,4-5H2. The molecule has 0 saturated carbocycles. The maximum absolute atomic E-state index is 11.3. The zero-order valence-corrected chi connectivity index (χ0v) is 8.81. The molecule has 0 unspecified atom stereocenters. The maximum Gasteiger partial charge on any atom is 0.156 e. The number of rotatable bonds is 1. The lowest BCUT2D eigenvalue weighted by Gasteiger charge is -2.06. The number of nitrogens with zero attached hydrogens (tertiary/aromatic N) is 1. The summed E-state index contributed by atoms with van der Waals surface area (Å²) in [5.74, 6) is 0.237. The number of allylic oxidation sites excluding steroid dienone is 2. The zero-order valence-electron chi connectivity index (χ0n) is 8.81. The quantitative estimate of drug-likeness (QED) is 0.722. The molecule has 1 aromatic carbocycles. The molecule has 0 N–H and O–H groups in total. The van der Waals surface area contributed by atoms with Crippen LogP contribution in [0.25, 0.3) is 16.3 Å². The predicted molar refractivity (Wildman–Crippen MR) is 64.0 cm³/mol. The highest BCUT2D eigenvalue weighted by atomic mass is 16.1. The van der Waals surface area contributed by atoms with Crippen LogP contribution in [0.4, 0.5) is 0 Å². The van der Waals surface area contributed by atoms with E-state index in [1.165, 1.54) is 10.9 Å². The molecule has 16 heavy (non-hydrogen) atoms. The van der Waals surface area contributed by atoms with Gasteiger partial charge in [-0.2, -0.15) is 0 Å². The van der Waals surface area contributed by atoms with Gasteiger partial charge in [-0.05, 0) is 35.1 Å². The highest BCUT2D eigenvalue weighted by Crippen LogP contribution is 2.30. The summed E-state index contributed by atoms with van der Waals surface area (Å²) >= 11 is 0. The van der Waals surface area contributed by atoms with Crippen molar-refractivity contribution in [1.29, 1.82) is 0 Å². The van der Waals surface area contributed by atoms with Crippen LogP contribution in [0.3, 0.4) is 0 Å². The summed E-state index contributed by atoms with van der Waals surface area (Å²) in [6, 6.07) is 8.15. The Hall–Kier alpha value is -1.96. The molecular weight excluding hydrogens is 198 g/mol. The molecule has 0 atom stereocenters. The number of hydrogen-bond acceptors (Lipinski definition) is 2. The second-order valence-corrected chi connectivity index (χ2v) is 4.04. The van der Waals surface area contributed by atoms with E-state index in [4.69, 9.17) is 0 Å². The number of fused-ring (bicyclic) bond motifs is 1. The number of benzene rings is 1. The van der Waals surface area contributed by atoms with Gasteiger partial charge in [0.25, 0.3) is 0 Å². The average Bonchev–Trinajstić information content (AvgIpc) is 2.75. The first kappa shape index (κ1) is 9.28. The highest BCUT2D eigenvalue weighted by molar-refractivity contribution is 6.05. The van der Waals surface area contributed by atoms with Crippen molar-refractivity contribution in [2.24, 2.45) is 0 Å². The number of pyridine rings is 1. The fourth-order valence-electron chi connectivity index (χ4n) is 2.21. The summed E-state index contributed by atoms with van der Waals surface area (Å²) in [6.45, 7) is 0. The van der Waals surface area contributed by atoms with Gasteiger partial charge in [0.2, 0.25) is 0 Å². The van der Waals surface area contributed by atoms with Crippen molar-refractivity contribution in [3.05, 3.63) is 48.3 Å². The summed E-state index contributed by atoms with van der Waals surface area (Å²) in [5.41, 5.74) is 2.33. The van der Waals surface area contributed by atoms with Crippen molar-refractivity contribution in [3.8, 4) is 0 Å². The number of carbonyl (C=O) groups is 1. The summed E-state index contributed by atoms with van der Waals surface area (Å²) in [7, 11) is 0. The topological polar surface area (TPSA) is 30.0 Å². The van der Waals surface area contributed by atoms with E-state index in [0.29, 0.717) is 6.42 Å². The van der Waals surface area contributed by atoms with Gasteiger partial charge in [-0.15, -0.1) is 0 Å². The normalized spacial score (nSPS) is 15.5. The molecule has 1 aromatic heterocycles. The van der Waals surface area contributed by atoms with Crippen molar-refractivity contribution >= 4 is 22.1 Å². The van der Waals surface area contributed by atoms with Crippen LogP contribution >= 0.6 is 0 Å². The third-order valence-electron chi connectivity index (χ3n) is 3.00. The van der Waals surface area contributed by atoms with E-state index in [0.717, 1.165) is 17.4 Å². The van der Waals surface area contributed by atoms with Crippen LogP contribution in [0.5, 0.6) is 0 Å². The molecule has 1 heterocycles. The molecule has 0 fully saturated rings. The fourth-order valence-corrected chi connectivity index (χ4v) is 2.21. The van der Waals surface area contributed by atoms with E-state index >= 15 is 0 Å². The average molecular weight is 209 g/mol. The van der Waals surface area contributed by atoms with Crippen LogP contribution in [-0.2, 0) is 4.79 Å². The summed E-state index contributed by atoms with van der Waals surface area (Å²) in [5, 5.41) is 2.30. The minimum atomic E-state index is 0.237. The Labute approximate surface area is 93.6 Å². The van der Waals surface area contributed by atoms with Crippen molar-refractivity contribution in [1.82, 2.24) is 4.98 Å². The molecule has 1 aliphatic carbocycles. The molecule has 3 rings (SSSR count). The van der Waals surface area contributed by atoms with Gasteiger partial charge >= 0.3 is 0 Å². The number of carbonyl (C=O) groups excluding carboxylic acids is 1. The zero-order chi connectivity index (χ0) is 11.0. The third-order valence-corrected chi connectivity index (χ3v) is 3.00. The third kappa shape index (κ3) is 1.43. The first-order valence-electron chi connectivity index (χ1n) is 5.41. The minimum Gasteiger partial charge on any atom is -0.295 e. The monoisotopic (exact) mass is 209 g/mol. The van der Waals surface area contributed by atoms with Gasteiger partial charge in [-0.25, -0.2) is 0 Å². The Balaban J connectivity index is 2.24.